The molecule has 58 heavy (non-hydrogen) atoms. The second-order valence-electron chi connectivity index (χ2n) is 18.8. The van der Waals surface area contributed by atoms with Crippen molar-refractivity contribution >= 4 is 38.5 Å². The minimum atomic E-state index is -0.175. The van der Waals surface area contributed by atoms with Crippen molar-refractivity contribution in [3.8, 4) is 22.3 Å². The van der Waals surface area contributed by atoms with E-state index in [1.54, 1.807) is 5.57 Å². The lowest BCUT2D eigenvalue weighted by Crippen LogP contribution is -2.30. The monoisotopic (exact) mass is 745 g/mol. The molecule has 1 heteroatoms. The quantitative estimate of drug-likeness (QED) is 0.174. The van der Waals surface area contributed by atoms with Crippen LogP contribution in [0.1, 0.15) is 98.5 Å². The van der Waals surface area contributed by atoms with Gasteiger partial charge in [-0.2, -0.15) is 0 Å². The molecule has 0 aliphatic heterocycles. The maximum absolute atomic E-state index is 2.66. The Labute approximate surface area is 342 Å². The van der Waals surface area contributed by atoms with Crippen LogP contribution in [0.2, 0.25) is 0 Å². The lowest BCUT2D eigenvalue weighted by Gasteiger charge is -2.41. The number of nitrogens with zero attached hydrogens (tertiary/aromatic N) is 1. The number of rotatable bonds is 3. The summed E-state index contributed by atoms with van der Waals surface area (Å²) in [5, 5.41) is 5.36. The predicted octanol–water partition coefficient (Wildman–Crippen LogP) is 15.0. The van der Waals surface area contributed by atoms with Gasteiger partial charge in [0.2, 0.25) is 0 Å². The molecule has 8 aromatic rings. The van der Waals surface area contributed by atoms with E-state index >= 15 is 0 Å². The average Bonchev–Trinajstić information content (AvgIpc) is 3.72. The molecule has 0 radical (unpaired) electrons. The molecule has 0 saturated carbocycles. The summed E-state index contributed by atoms with van der Waals surface area (Å²) in [4.78, 5) is 2.66. The van der Waals surface area contributed by atoms with Crippen LogP contribution in [-0.2, 0) is 16.2 Å². The highest BCUT2D eigenvalue weighted by Gasteiger charge is 2.46. The lowest BCUT2D eigenvalue weighted by molar-refractivity contribution is 0.563. The van der Waals surface area contributed by atoms with Crippen molar-refractivity contribution < 1.29 is 0 Å². The van der Waals surface area contributed by atoms with Crippen molar-refractivity contribution in [2.45, 2.75) is 70.3 Å². The highest BCUT2D eigenvalue weighted by molar-refractivity contribution is 6.04. The Balaban J connectivity index is 1.02. The highest BCUT2D eigenvalue weighted by atomic mass is 15.2. The van der Waals surface area contributed by atoms with Gasteiger partial charge in [-0.1, -0.05) is 163 Å². The number of benzene rings is 8. The van der Waals surface area contributed by atoms with Gasteiger partial charge < -0.3 is 4.90 Å². The fourth-order valence-corrected chi connectivity index (χ4v) is 12.0. The Bertz CT molecular complexity index is 3120. The van der Waals surface area contributed by atoms with Crippen molar-refractivity contribution in [2.24, 2.45) is 0 Å². The molecule has 0 fully saturated rings. The van der Waals surface area contributed by atoms with Gasteiger partial charge in [-0.05, 0) is 142 Å². The topological polar surface area (TPSA) is 3.24 Å². The molecule has 1 nitrogen and oxygen atoms in total. The molecule has 1 atom stereocenters. The van der Waals surface area contributed by atoms with E-state index in [0.717, 1.165) is 6.42 Å². The van der Waals surface area contributed by atoms with E-state index in [4.69, 9.17) is 0 Å². The zero-order valence-corrected chi connectivity index (χ0v) is 34.2. The van der Waals surface area contributed by atoms with E-state index in [-0.39, 0.29) is 22.3 Å². The summed E-state index contributed by atoms with van der Waals surface area (Å²) in [5.41, 5.74) is 22.0. The normalized spacial score (nSPS) is 18.3. The molecule has 8 aromatic carbocycles. The summed E-state index contributed by atoms with van der Waals surface area (Å²) in [6.45, 7) is 14.6. The molecule has 0 spiro atoms. The highest BCUT2D eigenvalue weighted by Crippen LogP contribution is 2.61. The third-order valence-electron chi connectivity index (χ3n) is 14.8. The van der Waals surface area contributed by atoms with Crippen LogP contribution in [0.15, 0.2) is 163 Å². The summed E-state index contributed by atoms with van der Waals surface area (Å²) >= 11 is 0. The Morgan fingerprint density at radius 1 is 0.431 bits per heavy atom. The van der Waals surface area contributed by atoms with Crippen LogP contribution in [0.5, 0.6) is 0 Å². The third kappa shape index (κ3) is 4.32. The molecule has 0 heterocycles. The largest absolute Gasteiger partial charge is 0.334 e. The van der Waals surface area contributed by atoms with Gasteiger partial charge in [0.15, 0.2) is 0 Å². The molecule has 1 unspecified atom stereocenters. The first kappa shape index (κ1) is 33.9. The Morgan fingerprint density at radius 3 is 1.84 bits per heavy atom. The smallest absolute Gasteiger partial charge is 0.0635 e. The second kappa shape index (κ2) is 11.5. The van der Waals surface area contributed by atoms with Crippen LogP contribution in [-0.4, -0.2) is 0 Å². The number of anilines is 2. The van der Waals surface area contributed by atoms with E-state index in [1.165, 1.54) is 105 Å². The summed E-state index contributed by atoms with van der Waals surface area (Å²) in [6.07, 6.45) is 0.952. The maximum atomic E-state index is 2.66. The van der Waals surface area contributed by atoms with E-state index in [0.29, 0.717) is 0 Å². The van der Waals surface area contributed by atoms with Crippen molar-refractivity contribution in [1.29, 1.82) is 0 Å². The first-order valence-electron chi connectivity index (χ1n) is 21.1. The molecule has 0 N–H and O–H groups in total. The van der Waals surface area contributed by atoms with Gasteiger partial charge in [0, 0.05) is 27.6 Å². The maximum Gasteiger partial charge on any atom is 0.0635 e. The molecule has 0 amide bonds. The number of hydrogen-bond acceptors (Lipinski definition) is 1. The van der Waals surface area contributed by atoms with E-state index in [1.807, 2.05) is 0 Å². The second-order valence-corrected chi connectivity index (χ2v) is 18.8. The fourth-order valence-electron chi connectivity index (χ4n) is 12.0. The Morgan fingerprint density at radius 2 is 1.03 bits per heavy atom. The summed E-state index contributed by atoms with van der Waals surface area (Å²) in [6, 6.07) is 60.3. The van der Waals surface area contributed by atoms with Crippen molar-refractivity contribution in [3.63, 3.8) is 0 Å². The van der Waals surface area contributed by atoms with Gasteiger partial charge in [0.05, 0.1) is 6.04 Å². The zero-order valence-electron chi connectivity index (χ0n) is 34.2. The first-order chi connectivity index (χ1) is 28.0. The number of para-hydroxylation sites is 1. The van der Waals surface area contributed by atoms with Crippen LogP contribution in [0, 0.1) is 0 Å². The van der Waals surface area contributed by atoms with Crippen molar-refractivity contribution in [1.82, 2.24) is 0 Å². The van der Waals surface area contributed by atoms with Gasteiger partial charge in [-0.15, -0.1) is 0 Å². The molecule has 0 aromatic heterocycles. The lowest BCUT2D eigenvalue weighted by atomic mass is 9.73. The van der Waals surface area contributed by atoms with Crippen LogP contribution in [0.3, 0.4) is 0 Å². The Hall–Kier alpha value is -6.18. The fraction of sp³-hybridized carbons (Fsp3) is 0.193. The number of fused-ring (bicyclic) bond motifs is 14. The molecule has 12 rings (SSSR count). The van der Waals surface area contributed by atoms with Gasteiger partial charge >= 0.3 is 0 Å². The minimum Gasteiger partial charge on any atom is -0.334 e. The van der Waals surface area contributed by atoms with Crippen LogP contribution < -0.4 is 4.90 Å². The zero-order chi connectivity index (χ0) is 39.3. The summed E-state index contributed by atoms with van der Waals surface area (Å²) in [5.74, 6) is 0. The Kier molecular flexibility index (Phi) is 6.71. The number of hydrogen-bond donors (Lipinski definition) is 0. The van der Waals surface area contributed by atoms with E-state index in [2.05, 4.69) is 204 Å². The summed E-state index contributed by atoms with van der Waals surface area (Å²) < 4.78 is 0. The SMILES string of the molecule is CC1(C)C2=C(c3ccccc3C(N(c3ccccc3)c3ccc4c(c3)C(C)(C)c3cc5c(cc3-4)C(C)(C)c3ccc4ccccc4c3-5)C2)c2ccc3ccccc3c21. The van der Waals surface area contributed by atoms with Gasteiger partial charge in [-0.25, -0.2) is 0 Å². The van der Waals surface area contributed by atoms with Crippen molar-refractivity contribution in [2.75, 3.05) is 4.90 Å². The van der Waals surface area contributed by atoms with Gasteiger partial charge in [-0.3, -0.25) is 0 Å². The van der Waals surface area contributed by atoms with Crippen LogP contribution in [0.25, 0.3) is 49.4 Å². The molecular formula is C57H47N. The first-order valence-corrected chi connectivity index (χ1v) is 21.1. The van der Waals surface area contributed by atoms with E-state index in [9.17, 15) is 0 Å². The molecule has 0 bridgehead atoms. The molecule has 0 saturated heterocycles. The molecule has 4 aliphatic carbocycles. The summed E-state index contributed by atoms with van der Waals surface area (Å²) in [7, 11) is 0. The van der Waals surface area contributed by atoms with Crippen molar-refractivity contribution in [3.05, 3.63) is 208 Å². The third-order valence-corrected chi connectivity index (χ3v) is 14.8. The standard InChI is InChI=1S/C57H47N/c1-55(2)46-29-25-34-16-10-12-20-38(34)52(46)45-32-48-44(31-49(45)55)40-28-26-37(30-47(40)56(48,3)4)58(36-18-8-7-9-19-36)51-33-50-53(42-23-15-14-22-41(42)51)43-27-24-35-17-11-13-21-39(35)54(43)57(50,5)6/h7-32,51H,33H2,1-6H3. The van der Waals surface area contributed by atoms with Gasteiger partial charge in [0.1, 0.15) is 0 Å². The minimum absolute atomic E-state index is 0.0808. The van der Waals surface area contributed by atoms with Gasteiger partial charge in [0.25, 0.3) is 0 Å². The van der Waals surface area contributed by atoms with E-state index < -0.39 is 0 Å². The predicted molar refractivity (Wildman–Crippen MR) is 244 cm³/mol. The molecule has 280 valence electrons. The van der Waals surface area contributed by atoms with Crippen LogP contribution >= 0.6 is 0 Å². The van der Waals surface area contributed by atoms with Crippen LogP contribution in [0.4, 0.5) is 11.4 Å². The molecular weight excluding hydrogens is 699 g/mol. The average molecular weight is 746 g/mol. The molecule has 4 aliphatic rings.